The van der Waals surface area contributed by atoms with Crippen molar-refractivity contribution in [2.45, 2.75) is 58.1 Å². The largest absolute Gasteiger partial charge is 0.441 e. The second-order valence-electron chi connectivity index (χ2n) is 11.1. The number of rotatable bonds is 5. The molecule has 37 heavy (non-hydrogen) atoms. The molecule has 1 unspecified atom stereocenters. The van der Waals surface area contributed by atoms with Crippen molar-refractivity contribution in [1.82, 2.24) is 4.90 Å². The molecule has 0 N–H and O–H groups in total. The van der Waals surface area contributed by atoms with E-state index < -0.39 is 21.5 Å². The zero-order valence-electron chi connectivity index (χ0n) is 22.7. The van der Waals surface area contributed by atoms with E-state index in [2.05, 4.69) is 36.9 Å². The van der Waals surface area contributed by atoms with Crippen molar-refractivity contribution in [2.24, 2.45) is 5.92 Å². The van der Waals surface area contributed by atoms with Gasteiger partial charge in [-0.25, -0.2) is 13.2 Å². The molecule has 0 radical (unpaired) electrons. The van der Waals surface area contributed by atoms with Crippen LogP contribution in [0.5, 0.6) is 0 Å². The predicted octanol–water partition coefficient (Wildman–Crippen LogP) is 4.43. The van der Waals surface area contributed by atoms with Crippen LogP contribution in [0.15, 0.2) is 41.3 Å². The first-order valence-corrected chi connectivity index (χ1v) is 14.6. The summed E-state index contributed by atoms with van der Waals surface area (Å²) in [6.07, 6.45) is 0.567. The molecule has 8 nitrogen and oxygen atoms in total. The third kappa shape index (κ3) is 5.19. The first-order valence-electron chi connectivity index (χ1n) is 12.7. The molecule has 2 aliphatic rings. The number of piperazine rings is 1. The van der Waals surface area contributed by atoms with E-state index in [0.717, 1.165) is 11.9 Å². The zero-order chi connectivity index (χ0) is 27.3. The predicted molar refractivity (Wildman–Crippen MR) is 145 cm³/mol. The number of carbonyl (C=O) groups is 2. The molecule has 2 aromatic rings. The molecule has 1 atom stereocenters. The molecule has 0 bridgehead atoms. The van der Waals surface area contributed by atoms with Crippen LogP contribution >= 0.6 is 0 Å². The van der Waals surface area contributed by atoms with Crippen LogP contribution in [0.3, 0.4) is 0 Å². The number of sulfone groups is 1. The fourth-order valence-electron chi connectivity index (χ4n) is 5.75. The van der Waals surface area contributed by atoms with Crippen molar-refractivity contribution in [2.75, 3.05) is 42.2 Å². The molecule has 2 amide bonds. The Morgan fingerprint density at radius 3 is 2.24 bits per heavy atom. The summed E-state index contributed by atoms with van der Waals surface area (Å²) in [6.45, 7) is 14.1. The van der Waals surface area contributed by atoms with Crippen molar-refractivity contribution in [3.63, 3.8) is 0 Å². The molecule has 2 fully saturated rings. The molecule has 2 aromatic carbocycles. The van der Waals surface area contributed by atoms with Gasteiger partial charge in [-0.15, -0.1) is 0 Å². The topological polar surface area (TPSA) is 87.2 Å². The maximum absolute atomic E-state index is 13.5. The van der Waals surface area contributed by atoms with Crippen molar-refractivity contribution < 1.29 is 22.7 Å². The zero-order valence-corrected chi connectivity index (χ0v) is 23.6. The van der Waals surface area contributed by atoms with E-state index in [4.69, 9.17) is 4.74 Å². The fraction of sp³-hybridized carbons (Fsp3) is 0.500. The lowest BCUT2D eigenvalue weighted by Gasteiger charge is -2.37. The molecule has 4 rings (SSSR count). The minimum Gasteiger partial charge on any atom is -0.441 e. The average Bonchev–Trinajstić information content (AvgIpc) is 3.06. The van der Waals surface area contributed by atoms with E-state index in [-0.39, 0.29) is 28.3 Å². The summed E-state index contributed by atoms with van der Waals surface area (Å²) in [6, 6.07) is 10.7. The summed E-state index contributed by atoms with van der Waals surface area (Å²) >= 11 is 0. The van der Waals surface area contributed by atoms with Crippen LogP contribution < -0.4 is 9.80 Å². The van der Waals surface area contributed by atoms with Crippen LogP contribution in [0.1, 0.15) is 49.2 Å². The minimum atomic E-state index is -3.75. The Morgan fingerprint density at radius 2 is 1.68 bits per heavy atom. The van der Waals surface area contributed by atoms with Crippen molar-refractivity contribution >= 4 is 33.2 Å². The first kappa shape index (κ1) is 27.0. The Balaban J connectivity index is 1.61. The van der Waals surface area contributed by atoms with Gasteiger partial charge >= 0.3 is 6.09 Å². The number of cyclic esters (lactones) is 1. The molecule has 2 saturated heterocycles. The highest BCUT2D eigenvalue weighted by atomic mass is 32.2. The normalized spacial score (nSPS) is 19.9. The monoisotopic (exact) mass is 527 g/mol. The Morgan fingerprint density at radius 1 is 1.03 bits per heavy atom. The lowest BCUT2D eigenvalue weighted by atomic mass is 9.88. The van der Waals surface area contributed by atoms with Crippen LogP contribution in [0, 0.1) is 19.8 Å². The van der Waals surface area contributed by atoms with Crippen LogP contribution in [0.2, 0.25) is 0 Å². The number of carbonyl (C=O) groups excluding carboxylic acids is 2. The minimum absolute atomic E-state index is 0.0675. The number of aryl methyl sites for hydroxylation is 2. The molecule has 0 spiro atoms. The van der Waals surface area contributed by atoms with Crippen LogP contribution in [-0.4, -0.2) is 69.4 Å². The standard InChI is InChI=1S/C28H37N3O5S/c1-18(2)25-28(5,6)36-27(33)31(25)21-9-10-22(24(17-21)37(7,34)35)26(32)30-14-12-29(13-15-30)23-11-8-19(3)16-20(23)4/h8-11,16-18,25H,12-15H2,1-7H3. The quantitative estimate of drug-likeness (QED) is 0.572. The van der Waals surface area contributed by atoms with E-state index >= 15 is 0 Å². The third-order valence-corrected chi connectivity index (χ3v) is 8.44. The first-order chi connectivity index (χ1) is 17.2. The maximum Gasteiger partial charge on any atom is 0.415 e. The SMILES string of the molecule is Cc1ccc(N2CCN(C(=O)c3ccc(N4C(=O)OC(C)(C)C4C(C)C)cc3S(C)(=O)=O)CC2)c(C)c1. The van der Waals surface area contributed by atoms with Gasteiger partial charge in [-0.3, -0.25) is 9.69 Å². The van der Waals surface area contributed by atoms with Crippen LogP contribution in [-0.2, 0) is 14.6 Å². The van der Waals surface area contributed by atoms with Gasteiger partial charge in [-0.05, 0) is 63.4 Å². The van der Waals surface area contributed by atoms with E-state index in [1.807, 2.05) is 27.7 Å². The highest BCUT2D eigenvalue weighted by molar-refractivity contribution is 7.90. The number of hydrogen-bond acceptors (Lipinski definition) is 6. The third-order valence-electron chi connectivity index (χ3n) is 7.30. The van der Waals surface area contributed by atoms with Crippen LogP contribution in [0.4, 0.5) is 16.2 Å². The maximum atomic E-state index is 13.5. The number of anilines is 2. The van der Waals surface area contributed by atoms with Crippen molar-refractivity contribution in [3.05, 3.63) is 53.1 Å². The molecular weight excluding hydrogens is 490 g/mol. The van der Waals surface area contributed by atoms with Gasteiger partial charge in [-0.2, -0.15) is 0 Å². The molecule has 0 aromatic heterocycles. The molecule has 9 heteroatoms. The Hall–Kier alpha value is -3.07. The number of nitrogens with zero attached hydrogens (tertiary/aromatic N) is 3. The lowest BCUT2D eigenvalue weighted by Crippen LogP contribution is -2.49. The highest BCUT2D eigenvalue weighted by Crippen LogP contribution is 2.38. The molecule has 200 valence electrons. The van der Waals surface area contributed by atoms with Gasteiger partial charge in [0.25, 0.3) is 5.91 Å². The molecular formula is C28H37N3O5S. The molecule has 0 aliphatic carbocycles. The van der Waals surface area contributed by atoms with Gasteiger partial charge in [0.2, 0.25) is 0 Å². The highest BCUT2D eigenvalue weighted by Gasteiger charge is 2.50. The van der Waals surface area contributed by atoms with Gasteiger partial charge < -0.3 is 14.5 Å². The average molecular weight is 528 g/mol. The summed E-state index contributed by atoms with van der Waals surface area (Å²) in [5, 5.41) is 0. The Labute approximate surface area is 220 Å². The van der Waals surface area contributed by atoms with Crippen LogP contribution in [0.25, 0.3) is 0 Å². The van der Waals surface area contributed by atoms with Crippen molar-refractivity contribution in [3.8, 4) is 0 Å². The number of ether oxygens (including phenoxy) is 1. The Kier molecular flexibility index (Phi) is 7.05. The van der Waals surface area contributed by atoms with E-state index in [0.29, 0.717) is 31.9 Å². The summed E-state index contributed by atoms with van der Waals surface area (Å²) < 4.78 is 31.2. The number of benzene rings is 2. The smallest absolute Gasteiger partial charge is 0.415 e. The van der Waals surface area contributed by atoms with E-state index in [9.17, 15) is 18.0 Å². The molecule has 0 saturated carbocycles. The molecule has 2 aliphatic heterocycles. The summed E-state index contributed by atoms with van der Waals surface area (Å²) in [4.78, 5) is 31.7. The number of amides is 2. The van der Waals surface area contributed by atoms with Gasteiger partial charge in [0.1, 0.15) is 5.60 Å². The fourth-order valence-corrected chi connectivity index (χ4v) is 6.64. The summed E-state index contributed by atoms with van der Waals surface area (Å²) in [5.41, 5.74) is 3.35. The van der Waals surface area contributed by atoms with Gasteiger partial charge in [0, 0.05) is 43.8 Å². The number of hydrogen-bond donors (Lipinski definition) is 0. The summed E-state index contributed by atoms with van der Waals surface area (Å²) in [5.74, 6) is -0.255. The Bertz CT molecular complexity index is 1330. The summed E-state index contributed by atoms with van der Waals surface area (Å²) in [7, 11) is -3.75. The van der Waals surface area contributed by atoms with Gasteiger partial charge in [-0.1, -0.05) is 31.5 Å². The van der Waals surface area contributed by atoms with Gasteiger partial charge in [0.05, 0.1) is 16.5 Å². The second-order valence-corrected chi connectivity index (χ2v) is 13.0. The van der Waals surface area contributed by atoms with E-state index in [1.54, 1.807) is 11.0 Å². The van der Waals surface area contributed by atoms with E-state index in [1.165, 1.54) is 28.2 Å². The van der Waals surface area contributed by atoms with Crippen molar-refractivity contribution in [1.29, 1.82) is 0 Å². The lowest BCUT2D eigenvalue weighted by molar-refractivity contribution is 0.0592. The second kappa shape index (κ2) is 9.67. The van der Waals surface area contributed by atoms with Gasteiger partial charge in [0.15, 0.2) is 9.84 Å². The molecule has 2 heterocycles.